The number of benzene rings is 2. The van der Waals surface area contributed by atoms with Gasteiger partial charge in [-0.1, -0.05) is 114 Å². The van der Waals surface area contributed by atoms with Crippen molar-refractivity contribution in [3.05, 3.63) is 77.7 Å². The van der Waals surface area contributed by atoms with E-state index < -0.39 is 0 Å². The van der Waals surface area contributed by atoms with Crippen LogP contribution in [0.1, 0.15) is 102 Å². The molecule has 3 aromatic rings. The monoisotopic (exact) mass is 473 g/mol. The van der Waals surface area contributed by atoms with Gasteiger partial charge in [0.25, 0.3) is 0 Å². The van der Waals surface area contributed by atoms with Gasteiger partial charge in [0, 0.05) is 17.3 Å². The van der Waals surface area contributed by atoms with Crippen molar-refractivity contribution in [2.45, 2.75) is 104 Å². The van der Waals surface area contributed by atoms with Crippen LogP contribution in [0.3, 0.4) is 0 Å². The molecule has 0 radical (unpaired) electrons. The number of nitrogens with zero attached hydrogens (tertiary/aromatic N) is 1. The van der Waals surface area contributed by atoms with Crippen molar-refractivity contribution < 1.29 is 4.39 Å². The van der Waals surface area contributed by atoms with Crippen LogP contribution < -0.4 is 0 Å². The molecule has 0 N–H and O–H groups in total. The molecule has 1 nitrogen and oxygen atoms in total. The van der Waals surface area contributed by atoms with Crippen LogP contribution in [0.5, 0.6) is 0 Å². The molecule has 1 heterocycles. The highest BCUT2D eigenvalue weighted by Gasteiger charge is 2.09. The van der Waals surface area contributed by atoms with Gasteiger partial charge in [-0.05, 0) is 60.6 Å². The molecule has 0 saturated carbocycles. The van der Waals surface area contributed by atoms with Gasteiger partial charge in [0.05, 0.1) is 5.69 Å². The molecule has 0 atom stereocenters. The first-order valence-electron chi connectivity index (χ1n) is 14.1. The van der Waals surface area contributed by atoms with E-state index in [1.807, 2.05) is 18.3 Å². The normalized spacial score (nSPS) is 11.2. The summed E-state index contributed by atoms with van der Waals surface area (Å²) < 4.78 is 14.8. The van der Waals surface area contributed by atoms with Crippen molar-refractivity contribution in [2.75, 3.05) is 0 Å². The zero-order chi connectivity index (χ0) is 24.7. The van der Waals surface area contributed by atoms with Crippen LogP contribution in [-0.2, 0) is 12.8 Å². The van der Waals surface area contributed by atoms with Crippen LogP contribution >= 0.6 is 0 Å². The molecule has 0 unspecified atom stereocenters. The number of hydrogen-bond acceptors (Lipinski definition) is 1. The Hall–Kier alpha value is -2.48. The van der Waals surface area contributed by atoms with E-state index in [-0.39, 0.29) is 5.82 Å². The minimum absolute atomic E-state index is 0.173. The third-order valence-corrected chi connectivity index (χ3v) is 7.00. The first-order valence-corrected chi connectivity index (χ1v) is 14.1. The Morgan fingerprint density at radius 3 is 1.69 bits per heavy atom. The third-order valence-electron chi connectivity index (χ3n) is 7.00. The van der Waals surface area contributed by atoms with Crippen LogP contribution in [0.2, 0.25) is 0 Å². The largest absolute Gasteiger partial charge is 0.256 e. The lowest BCUT2D eigenvalue weighted by Crippen LogP contribution is -1.93. The van der Waals surface area contributed by atoms with Gasteiger partial charge in [0.15, 0.2) is 0 Å². The fourth-order valence-electron chi connectivity index (χ4n) is 4.73. The third kappa shape index (κ3) is 9.24. The van der Waals surface area contributed by atoms with E-state index in [1.54, 1.807) is 6.07 Å². The van der Waals surface area contributed by atoms with E-state index in [2.05, 4.69) is 55.2 Å². The maximum absolute atomic E-state index is 14.8. The van der Waals surface area contributed by atoms with Crippen molar-refractivity contribution in [3.8, 4) is 22.4 Å². The Morgan fingerprint density at radius 2 is 1.11 bits per heavy atom. The van der Waals surface area contributed by atoms with E-state index in [0.717, 1.165) is 36.0 Å². The van der Waals surface area contributed by atoms with Gasteiger partial charge in [-0.3, -0.25) is 4.98 Å². The molecule has 188 valence electrons. The van der Waals surface area contributed by atoms with E-state index in [0.29, 0.717) is 11.3 Å². The zero-order valence-electron chi connectivity index (χ0n) is 22.0. The predicted octanol–water partition coefficient (Wildman–Crippen LogP) is 10.4. The molecule has 2 heteroatoms. The molecule has 0 aliphatic rings. The number of pyridine rings is 1. The van der Waals surface area contributed by atoms with Crippen molar-refractivity contribution in [3.63, 3.8) is 0 Å². The number of halogens is 1. The summed E-state index contributed by atoms with van der Waals surface area (Å²) in [5.74, 6) is -0.173. The van der Waals surface area contributed by atoms with Crippen LogP contribution in [0.15, 0.2) is 60.8 Å². The Balaban J connectivity index is 1.51. The Labute approximate surface area is 213 Å². The SMILES string of the molecule is CCCCCCCCc1ccc(-c2ccc(-c3ccc(CCCCCCCC)cc3F)nc2)cc1. The summed E-state index contributed by atoms with van der Waals surface area (Å²) in [4.78, 5) is 4.59. The van der Waals surface area contributed by atoms with Crippen molar-refractivity contribution in [1.29, 1.82) is 0 Å². The molecular formula is C33H44FN. The topological polar surface area (TPSA) is 12.9 Å². The number of aromatic nitrogens is 1. The zero-order valence-corrected chi connectivity index (χ0v) is 22.0. The Kier molecular flexibility index (Phi) is 12.0. The summed E-state index contributed by atoms with van der Waals surface area (Å²) in [6.07, 6.45) is 19.5. The van der Waals surface area contributed by atoms with E-state index in [4.69, 9.17) is 0 Å². The number of hydrogen-bond donors (Lipinski definition) is 0. The summed E-state index contributed by atoms with van der Waals surface area (Å²) in [6, 6.07) is 18.5. The van der Waals surface area contributed by atoms with Crippen LogP contribution in [-0.4, -0.2) is 4.98 Å². The number of rotatable bonds is 16. The predicted molar refractivity (Wildman–Crippen MR) is 149 cm³/mol. The molecule has 0 aliphatic heterocycles. The first kappa shape index (κ1) is 27.1. The highest BCUT2D eigenvalue weighted by atomic mass is 19.1. The van der Waals surface area contributed by atoms with Gasteiger partial charge < -0.3 is 0 Å². The lowest BCUT2D eigenvalue weighted by atomic mass is 10.00. The summed E-state index contributed by atoms with van der Waals surface area (Å²) in [7, 11) is 0. The van der Waals surface area contributed by atoms with Gasteiger partial charge in [-0.2, -0.15) is 0 Å². The van der Waals surface area contributed by atoms with Crippen LogP contribution in [0.25, 0.3) is 22.4 Å². The molecule has 2 aromatic carbocycles. The standard InChI is InChI=1S/C33H44FN/c1-3-5-7-9-11-13-15-27-17-20-29(21-18-27)30-22-24-33(35-26-30)31-23-19-28(25-32(31)34)16-14-12-10-8-6-4-2/h17-26H,3-16H2,1-2H3. The summed E-state index contributed by atoms with van der Waals surface area (Å²) in [5, 5.41) is 0. The quantitative estimate of drug-likeness (QED) is 0.189. The summed E-state index contributed by atoms with van der Waals surface area (Å²) >= 11 is 0. The van der Waals surface area contributed by atoms with E-state index in [9.17, 15) is 4.39 Å². The van der Waals surface area contributed by atoms with Crippen molar-refractivity contribution in [1.82, 2.24) is 4.98 Å². The minimum atomic E-state index is -0.173. The maximum atomic E-state index is 14.8. The van der Waals surface area contributed by atoms with E-state index in [1.165, 1.54) is 76.2 Å². The molecule has 0 spiro atoms. The van der Waals surface area contributed by atoms with Gasteiger partial charge >= 0.3 is 0 Å². The van der Waals surface area contributed by atoms with Crippen LogP contribution in [0, 0.1) is 5.82 Å². The number of aryl methyl sites for hydroxylation is 2. The fraction of sp³-hybridized carbons (Fsp3) is 0.485. The molecule has 35 heavy (non-hydrogen) atoms. The summed E-state index contributed by atoms with van der Waals surface area (Å²) in [5.41, 5.74) is 5.98. The molecule has 3 rings (SSSR count). The minimum Gasteiger partial charge on any atom is -0.256 e. The second kappa shape index (κ2) is 15.5. The lowest BCUT2D eigenvalue weighted by molar-refractivity contribution is 0.603. The maximum Gasteiger partial charge on any atom is 0.132 e. The average Bonchev–Trinajstić information content (AvgIpc) is 2.89. The number of unbranched alkanes of at least 4 members (excludes halogenated alkanes) is 10. The molecule has 0 aliphatic carbocycles. The van der Waals surface area contributed by atoms with Crippen molar-refractivity contribution >= 4 is 0 Å². The molecule has 1 aromatic heterocycles. The highest BCUT2D eigenvalue weighted by molar-refractivity contribution is 5.67. The molecule has 0 bridgehead atoms. The van der Waals surface area contributed by atoms with Gasteiger partial charge in [0.1, 0.15) is 5.82 Å². The molecule has 0 amide bonds. The van der Waals surface area contributed by atoms with Crippen molar-refractivity contribution in [2.24, 2.45) is 0 Å². The average molecular weight is 474 g/mol. The van der Waals surface area contributed by atoms with Gasteiger partial charge in [0.2, 0.25) is 0 Å². The smallest absolute Gasteiger partial charge is 0.132 e. The van der Waals surface area contributed by atoms with Gasteiger partial charge in [-0.25, -0.2) is 4.39 Å². The highest BCUT2D eigenvalue weighted by Crippen LogP contribution is 2.26. The fourth-order valence-corrected chi connectivity index (χ4v) is 4.73. The second-order valence-electron chi connectivity index (χ2n) is 9.98. The molecule has 0 saturated heterocycles. The first-order chi connectivity index (χ1) is 17.2. The van der Waals surface area contributed by atoms with Gasteiger partial charge in [-0.15, -0.1) is 0 Å². The summed E-state index contributed by atoms with van der Waals surface area (Å²) in [6.45, 7) is 4.50. The Bertz CT molecular complexity index is 975. The Morgan fingerprint density at radius 1 is 0.571 bits per heavy atom. The van der Waals surface area contributed by atoms with Crippen LogP contribution in [0.4, 0.5) is 4.39 Å². The molecule has 0 fully saturated rings. The second-order valence-corrected chi connectivity index (χ2v) is 9.98. The molecular weight excluding hydrogens is 429 g/mol. The lowest BCUT2D eigenvalue weighted by Gasteiger charge is -2.08. The van der Waals surface area contributed by atoms with E-state index >= 15 is 0 Å².